The molecule has 3 aromatic rings. The topological polar surface area (TPSA) is 75.3 Å². The van der Waals surface area contributed by atoms with E-state index in [-0.39, 0.29) is 17.8 Å². The van der Waals surface area contributed by atoms with E-state index in [0.29, 0.717) is 31.6 Å². The maximum absolute atomic E-state index is 13.6. The Morgan fingerprint density at radius 2 is 2.23 bits per heavy atom. The molecule has 1 aliphatic heterocycles. The minimum atomic E-state index is -0.293. The molecule has 2 aromatic heterocycles. The number of hydrogen-bond acceptors (Lipinski definition) is 7. The lowest BCUT2D eigenvalue weighted by atomic mass is 10.0. The van der Waals surface area contributed by atoms with Gasteiger partial charge < -0.3 is 20.7 Å². The predicted molar refractivity (Wildman–Crippen MR) is 121 cm³/mol. The molecule has 6 nitrogen and oxygen atoms in total. The van der Waals surface area contributed by atoms with Crippen molar-refractivity contribution in [1.82, 2.24) is 15.6 Å². The standard InChI is InChI=1S/C21H25FN4O2S2/c1-12-19-14(5-8-24-12)18(20-25-15-11-13(22)3-4-16(15)29-20)21(30-19)26-17(27)6-7-23-9-10-28-2/h3-4,11-12,23-24H,5-10H2,1-2H3,(H,26,27)/t12-/m1/s1. The van der Waals surface area contributed by atoms with Gasteiger partial charge in [0.05, 0.1) is 16.8 Å². The van der Waals surface area contributed by atoms with Gasteiger partial charge in [-0.3, -0.25) is 4.79 Å². The number of fused-ring (bicyclic) bond motifs is 2. The maximum atomic E-state index is 13.6. The van der Waals surface area contributed by atoms with Crippen LogP contribution < -0.4 is 16.0 Å². The molecule has 1 aromatic carbocycles. The summed E-state index contributed by atoms with van der Waals surface area (Å²) in [7, 11) is 1.65. The number of carbonyl (C=O) groups excluding carboxylic acids is 1. The van der Waals surface area contributed by atoms with E-state index in [2.05, 4.69) is 22.9 Å². The van der Waals surface area contributed by atoms with E-state index in [1.165, 1.54) is 33.9 Å². The van der Waals surface area contributed by atoms with Crippen LogP contribution in [0.15, 0.2) is 18.2 Å². The number of carbonyl (C=O) groups is 1. The second-order valence-electron chi connectivity index (χ2n) is 7.25. The molecular formula is C21H25FN4O2S2. The number of nitrogens with zero attached hydrogens (tertiary/aromatic N) is 1. The summed E-state index contributed by atoms with van der Waals surface area (Å²) < 4.78 is 19.6. The molecule has 1 amide bonds. The number of methoxy groups -OCH3 is 1. The van der Waals surface area contributed by atoms with Crippen molar-refractivity contribution < 1.29 is 13.9 Å². The van der Waals surface area contributed by atoms with Gasteiger partial charge in [0.25, 0.3) is 0 Å². The summed E-state index contributed by atoms with van der Waals surface area (Å²) in [6.45, 7) is 4.94. The molecule has 9 heteroatoms. The predicted octanol–water partition coefficient (Wildman–Crippen LogP) is 3.94. The molecule has 3 N–H and O–H groups in total. The zero-order valence-corrected chi connectivity index (χ0v) is 18.6. The van der Waals surface area contributed by atoms with Gasteiger partial charge >= 0.3 is 0 Å². The van der Waals surface area contributed by atoms with E-state index >= 15 is 0 Å². The number of ether oxygens (including phenoxy) is 1. The summed E-state index contributed by atoms with van der Waals surface area (Å²) in [5, 5.41) is 11.4. The van der Waals surface area contributed by atoms with E-state index in [4.69, 9.17) is 9.72 Å². The molecule has 0 unspecified atom stereocenters. The first-order valence-corrected chi connectivity index (χ1v) is 11.6. The van der Waals surface area contributed by atoms with Crippen molar-refractivity contribution in [2.45, 2.75) is 25.8 Å². The normalized spacial score (nSPS) is 16.0. The van der Waals surface area contributed by atoms with Crippen molar-refractivity contribution in [3.05, 3.63) is 34.5 Å². The Labute approximate surface area is 182 Å². The molecule has 30 heavy (non-hydrogen) atoms. The van der Waals surface area contributed by atoms with Crippen molar-refractivity contribution in [1.29, 1.82) is 0 Å². The average molecular weight is 449 g/mol. The molecule has 0 saturated carbocycles. The molecule has 0 spiro atoms. The van der Waals surface area contributed by atoms with Crippen LogP contribution in [0.5, 0.6) is 0 Å². The smallest absolute Gasteiger partial charge is 0.226 e. The lowest BCUT2D eigenvalue weighted by molar-refractivity contribution is -0.116. The summed E-state index contributed by atoms with van der Waals surface area (Å²) in [6.07, 6.45) is 1.26. The van der Waals surface area contributed by atoms with Crippen molar-refractivity contribution in [2.24, 2.45) is 0 Å². The number of amides is 1. The fourth-order valence-corrected chi connectivity index (χ4v) is 5.98. The number of anilines is 1. The number of benzene rings is 1. The first-order valence-electron chi connectivity index (χ1n) is 10.0. The van der Waals surface area contributed by atoms with Crippen LogP contribution in [0.25, 0.3) is 20.8 Å². The highest BCUT2D eigenvalue weighted by Gasteiger charge is 2.28. The summed E-state index contributed by atoms with van der Waals surface area (Å²) >= 11 is 3.15. The lowest BCUT2D eigenvalue weighted by Gasteiger charge is -2.20. The molecule has 3 heterocycles. The first-order chi connectivity index (χ1) is 14.6. The van der Waals surface area contributed by atoms with Crippen LogP contribution in [0.2, 0.25) is 0 Å². The van der Waals surface area contributed by atoms with Crippen LogP contribution in [-0.2, 0) is 16.0 Å². The Morgan fingerprint density at radius 1 is 1.37 bits per heavy atom. The molecule has 4 rings (SSSR count). The molecule has 0 bridgehead atoms. The van der Waals surface area contributed by atoms with Gasteiger partial charge in [0.2, 0.25) is 5.91 Å². The van der Waals surface area contributed by atoms with Crippen LogP contribution in [0.4, 0.5) is 9.39 Å². The number of hydrogen-bond donors (Lipinski definition) is 3. The number of halogens is 1. The zero-order valence-electron chi connectivity index (χ0n) is 17.0. The van der Waals surface area contributed by atoms with Crippen LogP contribution in [0.3, 0.4) is 0 Å². The Bertz CT molecular complexity index is 1050. The van der Waals surface area contributed by atoms with Crippen molar-refractivity contribution in [3.8, 4) is 10.6 Å². The summed E-state index contributed by atoms with van der Waals surface area (Å²) in [6, 6.07) is 4.91. The SMILES string of the molecule is COCCNCCC(=O)Nc1sc2c(c1-c1nc3cc(F)ccc3s1)CCN[C@@H]2C. The Kier molecular flexibility index (Phi) is 6.74. The van der Waals surface area contributed by atoms with Gasteiger partial charge in [-0.2, -0.15) is 0 Å². The highest BCUT2D eigenvalue weighted by molar-refractivity contribution is 7.23. The van der Waals surface area contributed by atoms with Gasteiger partial charge in [-0.25, -0.2) is 9.37 Å². The third kappa shape index (κ3) is 4.55. The molecule has 0 radical (unpaired) electrons. The highest BCUT2D eigenvalue weighted by atomic mass is 32.1. The molecule has 1 aliphatic rings. The Balaban J connectivity index is 1.62. The summed E-state index contributed by atoms with van der Waals surface area (Å²) in [4.78, 5) is 18.5. The van der Waals surface area contributed by atoms with Gasteiger partial charge in [-0.15, -0.1) is 22.7 Å². The van der Waals surface area contributed by atoms with Crippen LogP contribution in [0.1, 0.15) is 29.8 Å². The van der Waals surface area contributed by atoms with Gasteiger partial charge in [0.15, 0.2) is 0 Å². The maximum Gasteiger partial charge on any atom is 0.226 e. The number of thiophene rings is 1. The van der Waals surface area contributed by atoms with Gasteiger partial charge in [0.1, 0.15) is 15.8 Å². The van der Waals surface area contributed by atoms with Gasteiger partial charge in [-0.1, -0.05) is 0 Å². The fraction of sp³-hybridized carbons (Fsp3) is 0.429. The van der Waals surface area contributed by atoms with Crippen molar-refractivity contribution >= 4 is 43.8 Å². The van der Waals surface area contributed by atoms with Crippen LogP contribution in [-0.4, -0.2) is 44.2 Å². The fourth-order valence-electron chi connectivity index (χ4n) is 3.60. The number of rotatable bonds is 8. The quantitative estimate of drug-likeness (QED) is 0.455. The van der Waals surface area contributed by atoms with Crippen molar-refractivity contribution in [3.63, 3.8) is 0 Å². The zero-order chi connectivity index (χ0) is 21.1. The van der Waals surface area contributed by atoms with E-state index in [9.17, 15) is 9.18 Å². The summed E-state index contributed by atoms with van der Waals surface area (Å²) in [5.41, 5.74) is 2.88. The van der Waals surface area contributed by atoms with E-state index < -0.39 is 0 Å². The molecule has 1 atom stereocenters. The molecular weight excluding hydrogens is 423 g/mol. The Hall–Kier alpha value is -1.91. The van der Waals surface area contributed by atoms with Crippen molar-refractivity contribution in [2.75, 3.05) is 38.7 Å². The Morgan fingerprint density at radius 3 is 3.07 bits per heavy atom. The lowest BCUT2D eigenvalue weighted by Crippen LogP contribution is -2.26. The first kappa shape index (κ1) is 21.3. The van der Waals surface area contributed by atoms with Crippen LogP contribution in [0, 0.1) is 5.82 Å². The summed E-state index contributed by atoms with van der Waals surface area (Å²) in [5.74, 6) is -0.327. The minimum absolute atomic E-state index is 0.0347. The second kappa shape index (κ2) is 9.49. The molecule has 0 fully saturated rings. The largest absolute Gasteiger partial charge is 0.383 e. The third-order valence-corrected chi connectivity index (χ3v) is 7.47. The number of aromatic nitrogens is 1. The third-order valence-electron chi connectivity index (χ3n) is 5.09. The molecule has 0 aliphatic carbocycles. The number of nitrogens with one attached hydrogen (secondary N) is 3. The monoisotopic (exact) mass is 448 g/mol. The molecule has 160 valence electrons. The minimum Gasteiger partial charge on any atom is -0.383 e. The van der Waals surface area contributed by atoms with Gasteiger partial charge in [-0.05, 0) is 37.6 Å². The van der Waals surface area contributed by atoms with E-state index in [1.54, 1.807) is 24.5 Å². The molecule has 0 saturated heterocycles. The second-order valence-corrected chi connectivity index (χ2v) is 9.33. The van der Waals surface area contributed by atoms with E-state index in [1.807, 2.05) is 0 Å². The van der Waals surface area contributed by atoms with E-state index in [0.717, 1.165) is 33.2 Å². The highest BCUT2D eigenvalue weighted by Crippen LogP contribution is 2.47. The van der Waals surface area contributed by atoms with Gasteiger partial charge in [0, 0.05) is 49.2 Å². The average Bonchev–Trinajstić information content (AvgIpc) is 3.28. The number of thiazole rings is 1. The van der Waals surface area contributed by atoms with Crippen LogP contribution >= 0.6 is 22.7 Å².